The number of ether oxygens (including phenoxy) is 1. The van der Waals surface area contributed by atoms with Gasteiger partial charge in [-0.2, -0.15) is 4.57 Å². The van der Waals surface area contributed by atoms with Crippen molar-refractivity contribution < 1.29 is 14.2 Å². The Morgan fingerprint density at radius 1 is 1.69 bits per heavy atom. The lowest BCUT2D eigenvalue weighted by Gasteiger charge is -1.99. The molecule has 0 aliphatic rings. The second kappa shape index (κ2) is 3.69. The molecule has 0 atom stereocenters. The zero-order valence-electron chi connectivity index (χ0n) is 7.15. The van der Waals surface area contributed by atoms with Crippen molar-refractivity contribution in [3.05, 3.63) is 27.0 Å². The highest BCUT2D eigenvalue weighted by Gasteiger charge is 2.21. The van der Waals surface area contributed by atoms with Crippen molar-refractivity contribution in [2.75, 3.05) is 7.11 Å². The molecule has 5 nitrogen and oxygen atoms in total. The van der Waals surface area contributed by atoms with Gasteiger partial charge in [-0.1, -0.05) is 0 Å². The Morgan fingerprint density at radius 3 is 2.77 bits per heavy atom. The van der Waals surface area contributed by atoms with Crippen LogP contribution >= 0.6 is 15.9 Å². The van der Waals surface area contributed by atoms with Gasteiger partial charge in [0.05, 0.1) is 18.1 Å². The van der Waals surface area contributed by atoms with Gasteiger partial charge in [-0.15, -0.1) is 0 Å². The van der Waals surface area contributed by atoms with Crippen LogP contribution in [0.1, 0.15) is 0 Å². The molecule has 0 amide bonds. The molecule has 0 radical (unpaired) electrons. The number of methoxy groups -OCH3 is 1. The summed E-state index contributed by atoms with van der Waals surface area (Å²) >= 11 is 3.18. The Bertz CT molecular complexity index is 354. The van der Waals surface area contributed by atoms with Crippen LogP contribution < -0.4 is 9.30 Å². The SMILES string of the molecule is COc1c[n+](C)c(Br)cc1[N+](=O)[O-]. The van der Waals surface area contributed by atoms with E-state index in [9.17, 15) is 10.1 Å². The van der Waals surface area contributed by atoms with Gasteiger partial charge in [0.15, 0.2) is 0 Å². The molecule has 1 heterocycles. The van der Waals surface area contributed by atoms with E-state index in [1.54, 1.807) is 17.8 Å². The van der Waals surface area contributed by atoms with Crippen LogP contribution in [-0.4, -0.2) is 12.0 Å². The van der Waals surface area contributed by atoms with Gasteiger partial charge in [0.1, 0.15) is 7.05 Å². The maximum Gasteiger partial charge on any atom is 0.324 e. The van der Waals surface area contributed by atoms with E-state index in [4.69, 9.17) is 4.74 Å². The first-order valence-electron chi connectivity index (χ1n) is 3.44. The van der Waals surface area contributed by atoms with Crippen molar-refractivity contribution in [1.82, 2.24) is 0 Å². The van der Waals surface area contributed by atoms with Gasteiger partial charge in [-0.3, -0.25) is 10.1 Å². The lowest BCUT2D eigenvalue weighted by atomic mass is 10.4. The minimum atomic E-state index is -0.483. The van der Waals surface area contributed by atoms with Crippen molar-refractivity contribution >= 4 is 21.6 Å². The molecular weight excluding hydrogens is 240 g/mol. The van der Waals surface area contributed by atoms with Gasteiger partial charge in [0, 0.05) is 15.9 Å². The third kappa shape index (κ3) is 1.95. The molecule has 70 valence electrons. The Balaban J connectivity index is 3.33. The van der Waals surface area contributed by atoms with Gasteiger partial charge in [-0.05, 0) is 0 Å². The van der Waals surface area contributed by atoms with Crippen LogP contribution in [0.2, 0.25) is 0 Å². The van der Waals surface area contributed by atoms with Gasteiger partial charge >= 0.3 is 5.69 Å². The molecule has 0 spiro atoms. The summed E-state index contributed by atoms with van der Waals surface area (Å²) in [5, 5.41) is 10.5. The zero-order chi connectivity index (χ0) is 10.0. The predicted octanol–water partition coefficient (Wildman–Crippen LogP) is 1.19. The number of aromatic nitrogens is 1. The Morgan fingerprint density at radius 2 is 2.31 bits per heavy atom. The number of nitro groups is 1. The lowest BCUT2D eigenvalue weighted by Crippen LogP contribution is -2.29. The first-order valence-corrected chi connectivity index (χ1v) is 4.23. The summed E-state index contributed by atoms with van der Waals surface area (Å²) in [5.74, 6) is 0.246. The van der Waals surface area contributed by atoms with Crippen LogP contribution in [-0.2, 0) is 7.05 Å². The summed E-state index contributed by atoms with van der Waals surface area (Å²) in [6.07, 6.45) is 1.54. The van der Waals surface area contributed by atoms with Gasteiger partial charge < -0.3 is 4.74 Å². The molecule has 0 aliphatic carbocycles. The second-order valence-electron chi connectivity index (χ2n) is 2.42. The maximum absolute atomic E-state index is 10.5. The second-order valence-corrected chi connectivity index (χ2v) is 3.23. The molecule has 0 aromatic carbocycles. The first-order chi connectivity index (χ1) is 6.06. The molecule has 6 heteroatoms. The molecule has 1 aromatic rings. The van der Waals surface area contributed by atoms with E-state index in [0.717, 1.165) is 0 Å². The number of nitrogens with zero attached hydrogens (tertiary/aromatic N) is 2. The van der Waals surface area contributed by atoms with E-state index in [0.29, 0.717) is 4.60 Å². The fourth-order valence-corrected chi connectivity index (χ4v) is 1.21. The molecule has 13 heavy (non-hydrogen) atoms. The number of hydrogen-bond donors (Lipinski definition) is 0. The molecule has 1 rings (SSSR count). The van der Waals surface area contributed by atoms with E-state index in [-0.39, 0.29) is 11.4 Å². The smallest absolute Gasteiger partial charge is 0.324 e. The van der Waals surface area contributed by atoms with Gasteiger partial charge in [-0.25, -0.2) is 0 Å². The van der Waals surface area contributed by atoms with Crippen molar-refractivity contribution in [3.63, 3.8) is 0 Å². The highest BCUT2D eigenvalue weighted by Crippen LogP contribution is 2.26. The van der Waals surface area contributed by atoms with Crippen molar-refractivity contribution in [2.24, 2.45) is 7.05 Å². The topological polar surface area (TPSA) is 56.2 Å². The predicted molar refractivity (Wildman–Crippen MR) is 48.5 cm³/mol. The van der Waals surface area contributed by atoms with Crippen LogP contribution in [0.5, 0.6) is 5.75 Å². The maximum atomic E-state index is 10.5. The summed E-state index contributed by atoms with van der Waals surface area (Å²) in [7, 11) is 3.16. The number of halogens is 1. The molecule has 0 saturated heterocycles. The molecule has 0 fully saturated rings. The zero-order valence-corrected chi connectivity index (χ0v) is 8.74. The third-order valence-electron chi connectivity index (χ3n) is 1.57. The van der Waals surface area contributed by atoms with E-state index < -0.39 is 4.92 Å². The van der Waals surface area contributed by atoms with Crippen molar-refractivity contribution in [1.29, 1.82) is 0 Å². The van der Waals surface area contributed by atoms with E-state index in [2.05, 4.69) is 15.9 Å². The monoisotopic (exact) mass is 247 g/mol. The van der Waals surface area contributed by atoms with E-state index in [1.165, 1.54) is 13.2 Å². The molecule has 0 bridgehead atoms. The fourth-order valence-electron chi connectivity index (χ4n) is 0.889. The number of rotatable bonds is 2. The molecule has 0 saturated carbocycles. The quantitative estimate of drug-likeness (QED) is 0.342. The standard InChI is InChI=1S/C7H8BrN2O3/c1-9-4-6(13-2)5(10(11)12)3-7(9)8/h3-4H,1-2H3/q+1. The molecule has 0 N–H and O–H groups in total. The Hall–Kier alpha value is -1.17. The number of pyridine rings is 1. The molecule has 0 aliphatic heterocycles. The van der Waals surface area contributed by atoms with Crippen LogP contribution in [0, 0.1) is 10.1 Å². The van der Waals surface area contributed by atoms with Crippen LogP contribution in [0.25, 0.3) is 0 Å². The summed E-state index contributed by atoms with van der Waals surface area (Å²) < 4.78 is 7.17. The Kier molecular flexibility index (Phi) is 2.82. The summed E-state index contributed by atoms with van der Waals surface area (Å²) in [6, 6.07) is 1.40. The average Bonchev–Trinajstić information content (AvgIpc) is 2.08. The molecular formula is C7H8BrN2O3+. The summed E-state index contributed by atoms with van der Waals surface area (Å²) in [6.45, 7) is 0. The highest BCUT2D eigenvalue weighted by molar-refractivity contribution is 9.10. The first kappa shape index (κ1) is 9.91. The van der Waals surface area contributed by atoms with Gasteiger partial charge in [0.2, 0.25) is 6.20 Å². The van der Waals surface area contributed by atoms with Crippen LogP contribution in [0.15, 0.2) is 16.9 Å². The van der Waals surface area contributed by atoms with E-state index in [1.807, 2.05) is 0 Å². The number of hydrogen-bond acceptors (Lipinski definition) is 3. The van der Waals surface area contributed by atoms with Crippen molar-refractivity contribution in [2.45, 2.75) is 0 Å². The van der Waals surface area contributed by atoms with Crippen LogP contribution in [0.4, 0.5) is 5.69 Å². The van der Waals surface area contributed by atoms with Crippen LogP contribution in [0.3, 0.4) is 0 Å². The van der Waals surface area contributed by atoms with Gasteiger partial charge in [0.25, 0.3) is 10.4 Å². The minimum absolute atomic E-state index is 0.0486. The highest BCUT2D eigenvalue weighted by atomic mass is 79.9. The minimum Gasteiger partial charge on any atom is -0.486 e. The summed E-state index contributed by atoms with van der Waals surface area (Å²) in [5.41, 5.74) is -0.0486. The average molecular weight is 248 g/mol. The van der Waals surface area contributed by atoms with E-state index >= 15 is 0 Å². The fraction of sp³-hybridized carbons (Fsp3) is 0.286. The Labute approximate surface area is 83.2 Å². The number of aryl methyl sites for hydroxylation is 1. The van der Waals surface area contributed by atoms with Crippen molar-refractivity contribution in [3.8, 4) is 5.75 Å². The largest absolute Gasteiger partial charge is 0.486 e. The normalized spacial score (nSPS) is 9.77. The summed E-state index contributed by atoms with van der Waals surface area (Å²) in [4.78, 5) is 10.1. The molecule has 0 unspecified atom stereocenters. The lowest BCUT2D eigenvalue weighted by molar-refractivity contribution is -0.683. The third-order valence-corrected chi connectivity index (χ3v) is 2.36. The molecule has 1 aromatic heterocycles.